The highest BCUT2D eigenvalue weighted by molar-refractivity contribution is 8.00. The lowest BCUT2D eigenvalue weighted by Crippen LogP contribution is -2.14. The van der Waals surface area contributed by atoms with Gasteiger partial charge in [-0.2, -0.15) is 0 Å². The summed E-state index contributed by atoms with van der Waals surface area (Å²) in [5, 5.41) is 12.0. The maximum Gasteiger partial charge on any atom is 0.171 e. The van der Waals surface area contributed by atoms with E-state index in [1.54, 1.807) is 30.2 Å². The summed E-state index contributed by atoms with van der Waals surface area (Å²) in [4.78, 5) is 4.93. The van der Waals surface area contributed by atoms with E-state index >= 15 is 0 Å². The molecule has 0 amide bonds. The van der Waals surface area contributed by atoms with Crippen LogP contribution in [0.5, 0.6) is 0 Å². The molecule has 0 aliphatic rings. The first-order valence-electron chi connectivity index (χ1n) is 4.23. The van der Waals surface area contributed by atoms with Gasteiger partial charge >= 0.3 is 0 Å². The van der Waals surface area contributed by atoms with Gasteiger partial charge < -0.3 is 10.9 Å². The van der Waals surface area contributed by atoms with E-state index < -0.39 is 0 Å². The number of amidine groups is 1. The molecule has 5 heteroatoms. The summed E-state index contributed by atoms with van der Waals surface area (Å²) in [5.74, 6) is 0.121. The largest absolute Gasteiger partial charge is 0.409 e. The van der Waals surface area contributed by atoms with Crippen LogP contribution in [0.25, 0.3) is 0 Å². The van der Waals surface area contributed by atoms with Crippen molar-refractivity contribution in [1.29, 1.82) is 0 Å². The van der Waals surface area contributed by atoms with E-state index in [-0.39, 0.29) is 5.84 Å². The van der Waals surface area contributed by atoms with E-state index in [9.17, 15) is 0 Å². The average Bonchev–Trinajstić information content (AvgIpc) is 2.16. The summed E-state index contributed by atoms with van der Waals surface area (Å²) in [6.07, 6.45) is 3.34. The molecule has 1 aromatic rings. The van der Waals surface area contributed by atoms with E-state index in [1.807, 2.05) is 0 Å². The predicted octanol–water partition coefficient (Wildman–Crippen LogP) is 1.68. The molecule has 0 bridgehead atoms. The smallest absolute Gasteiger partial charge is 0.171 e. The molecule has 0 fully saturated rings. The number of rotatable bonds is 3. The second-order valence-corrected chi connectivity index (χ2v) is 4.64. The standard InChI is InChI=1S/C9H13N3OS/c1-6(2)14-8-5-11-4-3-7(8)9(10)12-13/h3-6,13H,1-2H3,(H2,10,12). The van der Waals surface area contributed by atoms with Crippen molar-refractivity contribution in [2.75, 3.05) is 0 Å². The van der Waals surface area contributed by atoms with E-state index in [4.69, 9.17) is 10.9 Å². The summed E-state index contributed by atoms with van der Waals surface area (Å²) in [6, 6.07) is 1.74. The van der Waals surface area contributed by atoms with Gasteiger partial charge in [-0.3, -0.25) is 4.98 Å². The summed E-state index contributed by atoms with van der Waals surface area (Å²) in [5.41, 5.74) is 6.25. The first-order valence-corrected chi connectivity index (χ1v) is 5.11. The van der Waals surface area contributed by atoms with Gasteiger partial charge in [0, 0.05) is 28.1 Å². The number of oxime groups is 1. The lowest BCUT2D eigenvalue weighted by Gasteiger charge is -2.08. The zero-order valence-corrected chi connectivity index (χ0v) is 8.95. The Morgan fingerprint density at radius 1 is 1.64 bits per heavy atom. The van der Waals surface area contributed by atoms with Gasteiger partial charge in [0.15, 0.2) is 5.84 Å². The van der Waals surface area contributed by atoms with Gasteiger partial charge in [-0.1, -0.05) is 19.0 Å². The van der Waals surface area contributed by atoms with Gasteiger partial charge in [-0.15, -0.1) is 11.8 Å². The van der Waals surface area contributed by atoms with E-state index in [0.29, 0.717) is 5.25 Å². The Kier molecular flexibility index (Phi) is 3.76. The lowest BCUT2D eigenvalue weighted by molar-refractivity contribution is 0.318. The predicted molar refractivity (Wildman–Crippen MR) is 57.7 cm³/mol. The Bertz CT molecular complexity index is 339. The lowest BCUT2D eigenvalue weighted by atomic mass is 10.2. The highest BCUT2D eigenvalue weighted by atomic mass is 32.2. The van der Waals surface area contributed by atoms with Crippen molar-refractivity contribution in [3.05, 3.63) is 24.0 Å². The summed E-state index contributed by atoms with van der Waals surface area (Å²) < 4.78 is 0. The van der Waals surface area contributed by atoms with E-state index in [2.05, 4.69) is 24.0 Å². The van der Waals surface area contributed by atoms with Crippen LogP contribution in [0, 0.1) is 0 Å². The molecule has 0 spiro atoms. The molecule has 0 radical (unpaired) electrons. The molecule has 1 rings (SSSR count). The molecule has 0 atom stereocenters. The zero-order chi connectivity index (χ0) is 10.6. The minimum absolute atomic E-state index is 0.121. The van der Waals surface area contributed by atoms with E-state index in [1.165, 1.54) is 0 Å². The van der Waals surface area contributed by atoms with Crippen LogP contribution in [0.1, 0.15) is 19.4 Å². The van der Waals surface area contributed by atoms with Crippen molar-refractivity contribution in [2.24, 2.45) is 10.9 Å². The minimum atomic E-state index is 0.121. The van der Waals surface area contributed by atoms with Gasteiger partial charge in [0.25, 0.3) is 0 Å². The fourth-order valence-corrected chi connectivity index (χ4v) is 1.92. The van der Waals surface area contributed by atoms with Gasteiger partial charge in [-0.05, 0) is 6.07 Å². The van der Waals surface area contributed by atoms with Gasteiger partial charge in [-0.25, -0.2) is 0 Å². The van der Waals surface area contributed by atoms with Gasteiger partial charge in [0.05, 0.1) is 0 Å². The highest BCUT2D eigenvalue weighted by Crippen LogP contribution is 2.25. The minimum Gasteiger partial charge on any atom is -0.409 e. The SMILES string of the molecule is CC(C)Sc1cnccc1/C(N)=N/O. The van der Waals surface area contributed by atoms with Crippen LogP contribution in [0.15, 0.2) is 28.5 Å². The van der Waals surface area contributed by atoms with Crippen molar-refractivity contribution in [2.45, 2.75) is 24.0 Å². The summed E-state index contributed by atoms with van der Waals surface area (Å²) in [7, 11) is 0. The van der Waals surface area contributed by atoms with Crippen molar-refractivity contribution < 1.29 is 5.21 Å². The Hall–Kier alpha value is -1.23. The average molecular weight is 211 g/mol. The molecule has 0 unspecified atom stereocenters. The first-order chi connectivity index (χ1) is 6.65. The van der Waals surface area contributed by atoms with Crippen molar-refractivity contribution in [3.8, 4) is 0 Å². The van der Waals surface area contributed by atoms with Gasteiger partial charge in [0.2, 0.25) is 0 Å². The third-order valence-corrected chi connectivity index (χ3v) is 2.58. The number of nitrogens with two attached hydrogens (primary N) is 1. The molecule has 0 saturated heterocycles. The monoisotopic (exact) mass is 211 g/mol. The molecule has 4 nitrogen and oxygen atoms in total. The second kappa shape index (κ2) is 4.85. The molecule has 3 N–H and O–H groups in total. The molecule has 0 saturated carbocycles. The number of aromatic nitrogens is 1. The Morgan fingerprint density at radius 2 is 2.36 bits per heavy atom. The molecular weight excluding hydrogens is 198 g/mol. The topological polar surface area (TPSA) is 71.5 Å². The number of hydrogen-bond donors (Lipinski definition) is 2. The number of thioether (sulfide) groups is 1. The number of nitrogens with zero attached hydrogens (tertiary/aromatic N) is 2. The molecule has 14 heavy (non-hydrogen) atoms. The molecular formula is C9H13N3OS. The van der Waals surface area contributed by atoms with Crippen LogP contribution in [0.2, 0.25) is 0 Å². The second-order valence-electron chi connectivity index (χ2n) is 3.02. The molecule has 1 aromatic heterocycles. The van der Waals surface area contributed by atoms with E-state index in [0.717, 1.165) is 10.5 Å². The maximum absolute atomic E-state index is 8.58. The van der Waals surface area contributed by atoms with Crippen LogP contribution in [-0.2, 0) is 0 Å². The number of hydrogen-bond acceptors (Lipinski definition) is 4. The fraction of sp³-hybridized carbons (Fsp3) is 0.333. The maximum atomic E-state index is 8.58. The van der Waals surface area contributed by atoms with Crippen LogP contribution in [-0.4, -0.2) is 21.3 Å². The molecule has 76 valence electrons. The van der Waals surface area contributed by atoms with Crippen LogP contribution in [0.3, 0.4) is 0 Å². The number of pyridine rings is 1. The Labute approximate surface area is 87.2 Å². The molecule has 1 heterocycles. The Morgan fingerprint density at radius 3 is 2.93 bits per heavy atom. The van der Waals surface area contributed by atoms with Crippen molar-refractivity contribution >= 4 is 17.6 Å². The van der Waals surface area contributed by atoms with Gasteiger partial charge in [0.1, 0.15) is 0 Å². The van der Waals surface area contributed by atoms with Crippen LogP contribution < -0.4 is 5.73 Å². The molecule has 0 aliphatic carbocycles. The normalized spacial score (nSPS) is 12.1. The third kappa shape index (κ3) is 2.63. The first kappa shape index (κ1) is 10.8. The summed E-state index contributed by atoms with van der Waals surface area (Å²) in [6.45, 7) is 4.15. The van der Waals surface area contributed by atoms with Crippen LogP contribution in [0.4, 0.5) is 0 Å². The fourth-order valence-electron chi connectivity index (χ4n) is 0.993. The van der Waals surface area contributed by atoms with Crippen molar-refractivity contribution in [1.82, 2.24) is 4.98 Å². The van der Waals surface area contributed by atoms with Crippen LogP contribution >= 0.6 is 11.8 Å². The third-order valence-electron chi connectivity index (χ3n) is 1.53. The highest BCUT2D eigenvalue weighted by Gasteiger charge is 2.08. The summed E-state index contributed by atoms with van der Waals surface area (Å²) >= 11 is 1.63. The molecule has 0 aliphatic heterocycles. The zero-order valence-electron chi connectivity index (χ0n) is 8.14. The quantitative estimate of drug-likeness (QED) is 0.262. The van der Waals surface area contributed by atoms with Crippen molar-refractivity contribution in [3.63, 3.8) is 0 Å². The molecule has 0 aromatic carbocycles. The Balaban J connectivity index is 3.03.